The molecule has 22 heavy (non-hydrogen) atoms. The third kappa shape index (κ3) is 3.79. The summed E-state index contributed by atoms with van der Waals surface area (Å²) in [7, 11) is -3.22. The maximum Gasteiger partial charge on any atom is 0.290 e. The van der Waals surface area contributed by atoms with Crippen molar-refractivity contribution in [2.24, 2.45) is 0 Å². The number of rotatable bonds is 4. The highest BCUT2D eigenvalue weighted by Crippen LogP contribution is 2.18. The van der Waals surface area contributed by atoms with Crippen molar-refractivity contribution in [1.82, 2.24) is 5.32 Å². The van der Waals surface area contributed by atoms with Gasteiger partial charge in [-0.3, -0.25) is 4.79 Å². The van der Waals surface area contributed by atoms with Gasteiger partial charge in [0.1, 0.15) is 19.0 Å². The maximum absolute atomic E-state index is 12.1. The van der Waals surface area contributed by atoms with Gasteiger partial charge < -0.3 is 14.8 Å². The molecule has 0 bridgehead atoms. The molecule has 1 aromatic rings. The van der Waals surface area contributed by atoms with Crippen LogP contribution in [-0.2, 0) is 24.1 Å². The van der Waals surface area contributed by atoms with Crippen LogP contribution in [0.5, 0.6) is 0 Å². The Labute approximate surface area is 130 Å². The van der Waals surface area contributed by atoms with E-state index in [0.29, 0.717) is 19.0 Å². The van der Waals surface area contributed by atoms with Gasteiger partial charge in [0.15, 0.2) is 9.84 Å². The van der Waals surface area contributed by atoms with Crippen molar-refractivity contribution in [3.05, 3.63) is 41.3 Å². The average molecular weight is 325 g/mol. The number of sulfone groups is 1. The van der Waals surface area contributed by atoms with Crippen LogP contribution < -0.4 is 5.32 Å². The van der Waals surface area contributed by atoms with E-state index in [9.17, 15) is 13.2 Å². The molecular weight excluding hydrogens is 306 g/mol. The number of benzene rings is 1. The van der Waals surface area contributed by atoms with Crippen LogP contribution in [-0.4, -0.2) is 33.8 Å². The van der Waals surface area contributed by atoms with Gasteiger partial charge in [-0.1, -0.05) is 12.1 Å². The number of amides is 1. The summed E-state index contributed by atoms with van der Waals surface area (Å²) in [6, 6.07) is 6.13. The van der Waals surface area contributed by atoms with Crippen molar-refractivity contribution in [2.75, 3.05) is 19.5 Å². The summed E-state index contributed by atoms with van der Waals surface area (Å²) in [5, 5.41) is 2.80. The topological polar surface area (TPSA) is 81.7 Å². The normalized spacial score (nSPS) is 16.5. The van der Waals surface area contributed by atoms with E-state index in [1.807, 2.05) is 6.92 Å². The number of allylic oxidation sites excluding steroid dienone is 1. The molecule has 0 saturated carbocycles. The van der Waals surface area contributed by atoms with Gasteiger partial charge >= 0.3 is 0 Å². The maximum atomic E-state index is 12.1. The summed E-state index contributed by atoms with van der Waals surface area (Å²) in [6.45, 7) is 4.27. The van der Waals surface area contributed by atoms with Crippen LogP contribution in [0.3, 0.4) is 0 Å². The lowest BCUT2D eigenvalue weighted by Crippen LogP contribution is -2.31. The Morgan fingerprint density at radius 1 is 1.18 bits per heavy atom. The van der Waals surface area contributed by atoms with Crippen LogP contribution in [0.15, 0.2) is 40.7 Å². The minimum atomic E-state index is -3.22. The Kier molecular flexibility index (Phi) is 4.75. The SMILES string of the molecule is CC1=C(C(=O)NC(C)c2ccc(S(C)(=O)=O)cc2)OCCO1. The fraction of sp³-hybridized carbons (Fsp3) is 0.400. The van der Waals surface area contributed by atoms with E-state index in [-0.39, 0.29) is 22.6 Å². The summed E-state index contributed by atoms with van der Waals surface area (Å²) in [5.74, 6) is 0.297. The van der Waals surface area contributed by atoms with E-state index in [4.69, 9.17) is 9.47 Å². The van der Waals surface area contributed by atoms with Crippen molar-refractivity contribution in [3.63, 3.8) is 0 Å². The zero-order chi connectivity index (χ0) is 16.3. The van der Waals surface area contributed by atoms with Gasteiger partial charge in [0.25, 0.3) is 5.91 Å². The van der Waals surface area contributed by atoms with Gasteiger partial charge in [-0.25, -0.2) is 8.42 Å². The highest BCUT2D eigenvalue weighted by Gasteiger charge is 2.21. The fourth-order valence-electron chi connectivity index (χ4n) is 2.08. The molecular formula is C15H19NO5S. The lowest BCUT2D eigenvalue weighted by molar-refractivity contribution is -0.123. The first-order chi connectivity index (χ1) is 10.3. The monoisotopic (exact) mass is 325 g/mol. The molecule has 0 spiro atoms. The summed E-state index contributed by atoms with van der Waals surface area (Å²) >= 11 is 0. The zero-order valence-electron chi connectivity index (χ0n) is 12.8. The summed E-state index contributed by atoms with van der Waals surface area (Å²) in [4.78, 5) is 12.4. The van der Waals surface area contributed by atoms with Crippen molar-refractivity contribution in [3.8, 4) is 0 Å². The van der Waals surface area contributed by atoms with Crippen LogP contribution in [0.1, 0.15) is 25.5 Å². The molecule has 1 N–H and O–H groups in total. The molecule has 7 heteroatoms. The quantitative estimate of drug-likeness (QED) is 0.908. The highest BCUT2D eigenvalue weighted by molar-refractivity contribution is 7.90. The fourth-order valence-corrected chi connectivity index (χ4v) is 2.71. The average Bonchev–Trinajstić information content (AvgIpc) is 2.46. The van der Waals surface area contributed by atoms with E-state index in [2.05, 4.69) is 5.32 Å². The van der Waals surface area contributed by atoms with Crippen LogP contribution in [0.4, 0.5) is 0 Å². The van der Waals surface area contributed by atoms with Gasteiger partial charge in [0, 0.05) is 6.26 Å². The number of hydrogen-bond acceptors (Lipinski definition) is 5. The van der Waals surface area contributed by atoms with Crippen LogP contribution in [0.2, 0.25) is 0 Å². The molecule has 120 valence electrons. The smallest absolute Gasteiger partial charge is 0.290 e. The molecule has 1 atom stereocenters. The summed E-state index contributed by atoms with van der Waals surface area (Å²) in [6.07, 6.45) is 1.16. The third-order valence-electron chi connectivity index (χ3n) is 3.33. The number of ether oxygens (including phenoxy) is 2. The highest BCUT2D eigenvalue weighted by atomic mass is 32.2. The standard InChI is InChI=1S/C15H19NO5S/c1-10(12-4-6-13(7-5-12)22(3,18)19)16-15(17)14-11(2)20-8-9-21-14/h4-7,10H,8-9H2,1-3H3,(H,16,17). The number of nitrogens with one attached hydrogen (secondary N) is 1. The largest absolute Gasteiger partial charge is 0.491 e. The minimum Gasteiger partial charge on any atom is -0.491 e. The second kappa shape index (κ2) is 6.39. The predicted octanol–water partition coefficient (Wildman–Crippen LogP) is 1.55. The van der Waals surface area contributed by atoms with Crippen molar-refractivity contribution in [2.45, 2.75) is 24.8 Å². The Balaban J connectivity index is 2.09. The second-order valence-electron chi connectivity index (χ2n) is 5.12. The van der Waals surface area contributed by atoms with Crippen molar-refractivity contribution < 1.29 is 22.7 Å². The van der Waals surface area contributed by atoms with Crippen molar-refractivity contribution in [1.29, 1.82) is 0 Å². The van der Waals surface area contributed by atoms with Crippen molar-refractivity contribution >= 4 is 15.7 Å². The molecule has 1 aliphatic rings. The first-order valence-electron chi connectivity index (χ1n) is 6.86. The second-order valence-corrected chi connectivity index (χ2v) is 7.13. The lowest BCUT2D eigenvalue weighted by Gasteiger charge is -2.21. The van der Waals surface area contributed by atoms with Gasteiger partial charge in [0.05, 0.1) is 10.9 Å². The molecule has 0 aliphatic carbocycles. The van der Waals surface area contributed by atoms with Crippen LogP contribution >= 0.6 is 0 Å². The first-order valence-corrected chi connectivity index (χ1v) is 8.75. The Morgan fingerprint density at radius 2 is 1.77 bits per heavy atom. The molecule has 1 aliphatic heterocycles. The third-order valence-corrected chi connectivity index (χ3v) is 4.46. The van der Waals surface area contributed by atoms with E-state index in [0.717, 1.165) is 11.8 Å². The summed E-state index contributed by atoms with van der Waals surface area (Å²) in [5.41, 5.74) is 0.802. The molecule has 1 aromatic carbocycles. The Bertz CT molecular complexity index is 691. The van der Waals surface area contributed by atoms with Gasteiger partial charge in [-0.2, -0.15) is 0 Å². The van der Waals surface area contributed by atoms with E-state index < -0.39 is 9.84 Å². The number of carbonyl (C=O) groups excluding carboxylic acids is 1. The lowest BCUT2D eigenvalue weighted by atomic mass is 10.1. The molecule has 2 rings (SSSR count). The van der Waals surface area contributed by atoms with E-state index in [1.165, 1.54) is 12.1 Å². The molecule has 1 unspecified atom stereocenters. The number of carbonyl (C=O) groups is 1. The van der Waals surface area contributed by atoms with Crippen LogP contribution in [0, 0.1) is 0 Å². The van der Waals surface area contributed by atoms with Gasteiger partial charge in [0.2, 0.25) is 5.76 Å². The Hall–Kier alpha value is -2.02. The molecule has 0 fully saturated rings. The molecule has 0 saturated heterocycles. The van der Waals surface area contributed by atoms with Crippen LogP contribution in [0.25, 0.3) is 0 Å². The minimum absolute atomic E-state index is 0.186. The predicted molar refractivity (Wildman–Crippen MR) is 80.7 cm³/mol. The zero-order valence-corrected chi connectivity index (χ0v) is 13.6. The molecule has 1 heterocycles. The summed E-state index contributed by atoms with van der Waals surface area (Å²) < 4.78 is 33.5. The molecule has 0 aromatic heterocycles. The molecule has 1 amide bonds. The first kappa shape index (κ1) is 16.4. The molecule has 6 nitrogen and oxygen atoms in total. The van der Waals surface area contributed by atoms with E-state index in [1.54, 1.807) is 19.1 Å². The van der Waals surface area contributed by atoms with E-state index >= 15 is 0 Å². The Morgan fingerprint density at radius 3 is 2.32 bits per heavy atom. The van der Waals surface area contributed by atoms with Gasteiger partial charge in [-0.15, -0.1) is 0 Å². The number of hydrogen-bond donors (Lipinski definition) is 1. The van der Waals surface area contributed by atoms with Gasteiger partial charge in [-0.05, 0) is 31.5 Å². The molecule has 0 radical (unpaired) electrons.